The lowest BCUT2D eigenvalue weighted by Gasteiger charge is -2.22. The van der Waals surface area contributed by atoms with Gasteiger partial charge in [0, 0.05) is 12.0 Å². The average Bonchev–Trinajstić information content (AvgIpc) is 3.30. The van der Waals surface area contributed by atoms with Crippen molar-refractivity contribution in [2.45, 2.75) is 26.3 Å². The van der Waals surface area contributed by atoms with Gasteiger partial charge in [0.25, 0.3) is 5.91 Å². The molecule has 1 atom stereocenters. The number of para-hydroxylation sites is 1. The zero-order valence-corrected chi connectivity index (χ0v) is 17.6. The Kier molecular flexibility index (Phi) is 4.66. The number of fused-ring (bicyclic) bond motifs is 2. The van der Waals surface area contributed by atoms with E-state index >= 15 is 0 Å². The molecule has 0 radical (unpaired) electrons. The van der Waals surface area contributed by atoms with E-state index in [0.29, 0.717) is 28.4 Å². The van der Waals surface area contributed by atoms with Gasteiger partial charge in [-0.15, -0.1) is 10.2 Å². The quantitative estimate of drug-likeness (QED) is 0.463. The Morgan fingerprint density at radius 1 is 1.10 bits per heavy atom. The summed E-state index contributed by atoms with van der Waals surface area (Å²) in [6.07, 6.45) is 0.706. The summed E-state index contributed by atoms with van der Waals surface area (Å²) < 4.78 is 20.7. The van der Waals surface area contributed by atoms with E-state index in [2.05, 4.69) is 24.0 Å². The molecule has 2 aromatic carbocycles. The Bertz CT molecular complexity index is 1380. The van der Waals surface area contributed by atoms with E-state index < -0.39 is 17.8 Å². The van der Waals surface area contributed by atoms with E-state index in [9.17, 15) is 14.0 Å². The monoisotopic (exact) mass is 435 g/mol. The molecule has 0 saturated carbocycles. The van der Waals surface area contributed by atoms with Crippen molar-refractivity contribution in [3.8, 4) is 0 Å². The second kappa shape index (κ2) is 7.39. The Morgan fingerprint density at radius 3 is 2.61 bits per heavy atom. The van der Waals surface area contributed by atoms with Gasteiger partial charge in [-0.2, -0.15) is 0 Å². The molecule has 3 heterocycles. The Morgan fingerprint density at radius 2 is 1.84 bits per heavy atom. The first-order valence-electron chi connectivity index (χ1n) is 9.91. The van der Waals surface area contributed by atoms with Gasteiger partial charge >= 0.3 is 0 Å². The van der Waals surface area contributed by atoms with Gasteiger partial charge in [-0.05, 0) is 24.1 Å². The molecule has 0 spiro atoms. The molecule has 0 aliphatic carbocycles. The molecule has 1 aliphatic heterocycles. The molecular formula is C23H18FN3O3S. The molecule has 1 amide bonds. The molecule has 2 aromatic heterocycles. The van der Waals surface area contributed by atoms with Crippen LogP contribution < -0.4 is 10.3 Å². The zero-order chi connectivity index (χ0) is 21.7. The fourth-order valence-corrected chi connectivity index (χ4v) is 4.96. The van der Waals surface area contributed by atoms with Gasteiger partial charge in [-0.25, -0.2) is 4.39 Å². The molecule has 6 nitrogen and oxygen atoms in total. The van der Waals surface area contributed by atoms with Crippen LogP contribution in [0.2, 0.25) is 0 Å². The van der Waals surface area contributed by atoms with Crippen LogP contribution in [0.1, 0.15) is 46.6 Å². The standard InChI is InChI=1S/C23H18FN3O3S/c1-12(2)11-17-25-26-23(31-17)27-19(13-7-3-5-9-15(13)24)18-20(28)14-8-4-6-10-16(14)30-21(18)22(27)29/h3-10,12,19H,11H2,1-2H3. The number of benzene rings is 2. The Labute approximate surface area is 181 Å². The number of carbonyl (C=O) groups is 1. The Balaban J connectivity index is 1.76. The van der Waals surface area contributed by atoms with E-state index in [1.807, 2.05) is 0 Å². The zero-order valence-electron chi connectivity index (χ0n) is 16.8. The van der Waals surface area contributed by atoms with Crippen LogP contribution in [0.5, 0.6) is 0 Å². The van der Waals surface area contributed by atoms with E-state index in [1.54, 1.807) is 42.5 Å². The lowest BCUT2D eigenvalue weighted by molar-refractivity contribution is 0.0970. The van der Waals surface area contributed by atoms with Crippen molar-refractivity contribution >= 4 is 33.3 Å². The second-order valence-corrected chi connectivity index (χ2v) is 8.89. The fraction of sp³-hybridized carbons (Fsp3) is 0.217. The predicted molar refractivity (Wildman–Crippen MR) is 116 cm³/mol. The number of hydrogen-bond donors (Lipinski definition) is 0. The van der Waals surface area contributed by atoms with Crippen molar-refractivity contribution in [1.29, 1.82) is 0 Å². The van der Waals surface area contributed by atoms with Crippen molar-refractivity contribution in [3.05, 3.63) is 86.5 Å². The van der Waals surface area contributed by atoms with Crippen molar-refractivity contribution in [3.63, 3.8) is 0 Å². The van der Waals surface area contributed by atoms with Crippen LogP contribution in [-0.4, -0.2) is 16.1 Å². The van der Waals surface area contributed by atoms with Crippen molar-refractivity contribution < 1.29 is 13.6 Å². The molecule has 0 fully saturated rings. The first kappa shape index (κ1) is 19.6. The lowest BCUT2D eigenvalue weighted by Crippen LogP contribution is -2.30. The highest BCUT2D eigenvalue weighted by atomic mass is 32.1. The summed E-state index contributed by atoms with van der Waals surface area (Å²) in [5.74, 6) is -0.767. The van der Waals surface area contributed by atoms with Crippen LogP contribution in [0.15, 0.2) is 57.7 Å². The number of nitrogens with zero attached hydrogens (tertiary/aromatic N) is 3. The van der Waals surface area contributed by atoms with E-state index in [1.165, 1.54) is 22.3 Å². The van der Waals surface area contributed by atoms with Gasteiger partial charge < -0.3 is 4.42 Å². The molecule has 1 unspecified atom stereocenters. The van der Waals surface area contributed by atoms with E-state index in [4.69, 9.17) is 4.42 Å². The minimum Gasteiger partial charge on any atom is -0.450 e. The molecule has 8 heteroatoms. The highest BCUT2D eigenvalue weighted by Crippen LogP contribution is 2.42. The number of anilines is 1. The van der Waals surface area contributed by atoms with Gasteiger partial charge in [0.2, 0.25) is 10.9 Å². The van der Waals surface area contributed by atoms with Crippen LogP contribution in [-0.2, 0) is 6.42 Å². The smallest absolute Gasteiger partial charge is 0.297 e. The number of hydrogen-bond acceptors (Lipinski definition) is 6. The number of carbonyl (C=O) groups excluding carboxylic acids is 1. The molecular weight excluding hydrogens is 417 g/mol. The van der Waals surface area contributed by atoms with Gasteiger partial charge in [0.1, 0.15) is 22.4 Å². The maximum atomic E-state index is 14.9. The van der Waals surface area contributed by atoms with Crippen LogP contribution in [0.4, 0.5) is 9.52 Å². The number of halogens is 1. The second-order valence-electron chi connectivity index (χ2n) is 7.85. The molecule has 0 saturated heterocycles. The average molecular weight is 435 g/mol. The summed E-state index contributed by atoms with van der Waals surface area (Å²) in [5.41, 5.74) is 0.284. The van der Waals surface area contributed by atoms with E-state index in [0.717, 1.165) is 5.01 Å². The van der Waals surface area contributed by atoms with Gasteiger partial charge in [0.05, 0.1) is 10.9 Å². The lowest BCUT2D eigenvalue weighted by atomic mass is 9.98. The Hall–Kier alpha value is -3.39. The van der Waals surface area contributed by atoms with E-state index in [-0.39, 0.29) is 22.3 Å². The summed E-state index contributed by atoms with van der Waals surface area (Å²) in [6, 6.07) is 11.9. The summed E-state index contributed by atoms with van der Waals surface area (Å²) in [6.45, 7) is 4.13. The van der Waals surface area contributed by atoms with Crippen LogP contribution in [0.25, 0.3) is 11.0 Å². The molecule has 5 rings (SSSR count). The summed E-state index contributed by atoms with van der Waals surface area (Å²) >= 11 is 1.26. The molecule has 156 valence electrons. The third-order valence-corrected chi connectivity index (χ3v) is 6.17. The van der Waals surface area contributed by atoms with Crippen molar-refractivity contribution in [2.24, 2.45) is 5.92 Å². The third kappa shape index (κ3) is 3.14. The summed E-state index contributed by atoms with van der Waals surface area (Å²) in [7, 11) is 0. The third-order valence-electron chi connectivity index (χ3n) is 5.22. The minimum absolute atomic E-state index is 0.0856. The van der Waals surface area contributed by atoms with Gasteiger partial charge in [-0.1, -0.05) is 55.5 Å². The predicted octanol–water partition coefficient (Wildman–Crippen LogP) is 4.73. The number of amides is 1. The maximum Gasteiger partial charge on any atom is 0.297 e. The number of aromatic nitrogens is 2. The fourth-order valence-electron chi connectivity index (χ4n) is 3.88. The number of rotatable bonds is 4. The molecule has 0 bridgehead atoms. The topological polar surface area (TPSA) is 76.3 Å². The largest absolute Gasteiger partial charge is 0.450 e. The van der Waals surface area contributed by atoms with Gasteiger partial charge in [0.15, 0.2) is 5.43 Å². The summed E-state index contributed by atoms with van der Waals surface area (Å²) in [5, 5.41) is 9.82. The SMILES string of the molecule is CC(C)Cc1nnc(N2C(=O)c3oc4ccccc4c(=O)c3C2c2ccccc2F)s1. The molecule has 1 aliphatic rings. The first-order valence-corrected chi connectivity index (χ1v) is 10.7. The summed E-state index contributed by atoms with van der Waals surface area (Å²) in [4.78, 5) is 28.2. The van der Waals surface area contributed by atoms with Crippen molar-refractivity contribution in [1.82, 2.24) is 10.2 Å². The molecule has 0 N–H and O–H groups in total. The minimum atomic E-state index is -0.982. The maximum absolute atomic E-state index is 14.9. The normalized spacial score (nSPS) is 15.8. The van der Waals surface area contributed by atoms with Gasteiger partial charge in [-0.3, -0.25) is 14.5 Å². The molecule has 31 heavy (non-hydrogen) atoms. The highest BCUT2D eigenvalue weighted by molar-refractivity contribution is 7.15. The first-order chi connectivity index (χ1) is 15.0. The van der Waals surface area contributed by atoms with Crippen molar-refractivity contribution in [2.75, 3.05) is 4.90 Å². The highest BCUT2D eigenvalue weighted by Gasteiger charge is 2.46. The molecule has 4 aromatic rings. The van der Waals surface area contributed by atoms with Crippen LogP contribution in [0, 0.1) is 11.7 Å². The van der Waals surface area contributed by atoms with Crippen LogP contribution >= 0.6 is 11.3 Å². The van der Waals surface area contributed by atoms with Crippen LogP contribution in [0.3, 0.4) is 0 Å².